The van der Waals surface area contributed by atoms with E-state index in [1.165, 1.54) is 4.68 Å². The van der Waals surface area contributed by atoms with Crippen LogP contribution in [-0.4, -0.2) is 61.9 Å². The average Bonchev–Trinajstić information content (AvgIpc) is 3.60. The van der Waals surface area contributed by atoms with Crippen LogP contribution in [0.15, 0.2) is 35.4 Å². The number of fused-ring (bicyclic) bond motifs is 1. The van der Waals surface area contributed by atoms with Crippen LogP contribution in [-0.2, 0) is 11.3 Å². The Morgan fingerprint density at radius 2 is 1.97 bits per heavy atom. The molecule has 2 aromatic heterocycles. The molecule has 2 fully saturated rings. The predicted molar refractivity (Wildman–Crippen MR) is 114 cm³/mol. The minimum absolute atomic E-state index is 0.0172. The van der Waals surface area contributed by atoms with Gasteiger partial charge in [-0.3, -0.25) is 19.3 Å². The molecular formula is C22H26N6O3. The molecule has 5 rings (SSSR count). The highest BCUT2D eigenvalue weighted by atomic mass is 16.5. The number of carbonyl (C=O) groups excluding carboxylic acids is 1. The van der Waals surface area contributed by atoms with E-state index in [1.54, 1.807) is 25.6 Å². The molecule has 1 saturated heterocycles. The van der Waals surface area contributed by atoms with Crippen LogP contribution in [0.25, 0.3) is 11.0 Å². The first-order chi connectivity index (χ1) is 15.2. The van der Waals surface area contributed by atoms with Crippen molar-refractivity contribution in [2.24, 2.45) is 0 Å². The number of hydrogen-bond acceptors (Lipinski definition) is 6. The van der Waals surface area contributed by atoms with Crippen molar-refractivity contribution in [2.75, 3.05) is 26.8 Å². The Balaban J connectivity index is 1.40. The first-order valence-electron chi connectivity index (χ1n) is 10.8. The summed E-state index contributed by atoms with van der Waals surface area (Å²) in [6.07, 6.45) is 7.09. The minimum Gasteiger partial charge on any atom is -0.383 e. The fraction of sp³-hybridized carbons (Fsp3) is 0.500. The van der Waals surface area contributed by atoms with Gasteiger partial charge < -0.3 is 9.64 Å². The number of nitrogens with zero attached hydrogens (tertiary/aromatic N) is 6. The number of amides is 1. The third-order valence-electron chi connectivity index (χ3n) is 6.11. The lowest BCUT2D eigenvalue weighted by Gasteiger charge is -2.32. The van der Waals surface area contributed by atoms with Crippen LogP contribution < -0.4 is 5.69 Å². The molecular weight excluding hydrogens is 396 g/mol. The van der Waals surface area contributed by atoms with Crippen molar-refractivity contribution in [1.82, 2.24) is 29.2 Å². The van der Waals surface area contributed by atoms with Gasteiger partial charge in [0.15, 0.2) is 0 Å². The van der Waals surface area contributed by atoms with Crippen LogP contribution in [0.3, 0.4) is 0 Å². The second-order valence-electron chi connectivity index (χ2n) is 8.31. The Hall–Kier alpha value is -3.07. The van der Waals surface area contributed by atoms with Crippen LogP contribution >= 0.6 is 0 Å². The van der Waals surface area contributed by atoms with E-state index in [9.17, 15) is 9.59 Å². The lowest BCUT2D eigenvalue weighted by molar-refractivity contribution is 0.0703. The van der Waals surface area contributed by atoms with Gasteiger partial charge in [0, 0.05) is 50.1 Å². The highest BCUT2D eigenvalue weighted by Crippen LogP contribution is 2.37. The number of rotatable bonds is 6. The van der Waals surface area contributed by atoms with Gasteiger partial charge in [0.25, 0.3) is 5.91 Å². The van der Waals surface area contributed by atoms with Crippen LogP contribution in [0.2, 0.25) is 0 Å². The van der Waals surface area contributed by atoms with Crippen LogP contribution in [0.5, 0.6) is 0 Å². The summed E-state index contributed by atoms with van der Waals surface area (Å²) in [6.45, 7) is 2.15. The second-order valence-corrected chi connectivity index (χ2v) is 8.31. The van der Waals surface area contributed by atoms with E-state index in [2.05, 4.69) is 15.1 Å². The number of methoxy groups -OCH3 is 1. The smallest absolute Gasteiger partial charge is 0.346 e. The molecule has 2 aliphatic rings. The zero-order valence-corrected chi connectivity index (χ0v) is 17.6. The summed E-state index contributed by atoms with van der Waals surface area (Å²) in [5.41, 5.74) is 2.02. The summed E-state index contributed by atoms with van der Waals surface area (Å²) >= 11 is 0. The monoisotopic (exact) mass is 422 g/mol. The van der Waals surface area contributed by atoms with E-state index in [0.29, 0.717) is 37.3 Å². The molecule has 1 saturated carbocycles. The molecule has 1 atom stereocenters. The van der Waals surface area contributed by atoms with Crippen molar-refractivity contribution in [2.45, 2.75) is 44.2 Å². The maximum absolute atomic E-state index is 13.2. The van der Waals surface area contributed by atoms with Gasteiger partial charge in [-0.2, -0.15) is 5.10 Å². The maximum Gasteiger partial charge on any atom is 0.346 e. The van der Waals surface area contributed by atoms with Crippen molar-refractivity contribution in [3.63, 3.8) is 0 Å². The van der Waals surface area contributed by atoms with Gasteiger partial charge in [-0.25, -0.2) is 9.48 Å². The fourth-order valence-corrected chi connectivity index (χ4v) is 4.37. The number of carbonyl (C=O) groups is 1. The molecule has 0 radical (unpaired) electrons. The topological polar surface area (TPSA) is 95.1 Å². The van der Waals surface area contributed by atoms with Gasteiger partial charge in [0.2, 0.25) is 0 Å². The third-order valence-corrected chi connectivity index (χ3v) is 6.11. The van der Waals surface area contributed by atoms with E-state index in [-0.39, 0.29) is 23.6 Å². The van der Waals surface area contributed by atoms with Gasteiger partial charge >= 0.3 is 5.69 Å². The van der Waals surface area contributed by atoms with Crippen molar-refractivity contribution < 1.29 is 9.53 Å². The van der Waals surface area contributed by atoms with Gasteiger partial charge in [-0.1, -0.05) is 0 Å². The van der Waals surface area contributed by atoms with Crippen LogP contribution in [0.1, 0.15) is 53.8 Å². The molecule has 1 aliphatic carbocycles. The summed E-state index contributed by atoms with van der Waals surface area (Å²) in [5, 5.41) is 4.67. The Morgan fingerprint density at radius 3 is 2.74 bits per heavy atom. The molecule has 3 heterocycles. The molecule has 9 nitrogen and oxygen atoms in total. The van der Waals surface area contributed by atoms with Crippen molar-refractivity contribution in [3.8, 4) is 0 Å². The van der Waals surface area contributed by atoms with Crippen molar-refractivity contribution in [3.05, 3.63) is 52.5 Å². The van der Waals surface area contributed by atoms with Crippen LogP contribution in [0.4, 0.5) is 0 Å². The summed E-state index contributed by atoms with van der Waals surface area (Å²) < 4.78 is 8.50. The Bertz CT molecular complexity index is 1170. The third kappa shape index (κ3) is 3.85. The second kappa shape index (κ2) is 8.22. The van der Waals surface area contributed by atoms with Crippen LogP contribution in [0, 0.1) is 0 Å². The molecule has 1 unspecified atom stereocenters. The maximum atomic E-state index is 13.2. The van der Waals surface area contributed by atoms with Gasteiger partial charge in [-0.15, -0.1) is 0 Å². The van der Waals surface area contributed by atoms with E-state index in [4.69, 9.17) is 4.74 Å². The first-order valence-corrected chi connectivity index (χ1v) is 10.8. The molecule has 9 heteroatoms. The summed E-state index contributed by atoms with van der Waals surface area (Å²) in [4.78, 5) is 36.6. The number of hydrogen-bond donors (Lipinski definition) is 0. The van der Waals surface area contributed by atoms with Gasteiger partial charge in [0.05, 0.1) is 24.2 Å². The number of ether oxygens (including phenoxy) is 1. The molecule has 0 bridgehead atoms. The Labute approximate surface area is 179 Å². The predicted octanol–water partition coefficient (Wildman–Crippen LogP) is 1.99. The minimum atomic E-state index is -0.0638. The van der Waals surface area contributed by atoms with E-state index in [0.717, 1.165) is 37.0 Å². The zero-order valence-electron chi connectivity index (χ0n) is 17.6. The largest absolute Gasteiger partial charge is 0.383 e. The SMILES string of the molecule is COCCn1nc(C2CCCN(C(=O)c3ccc4nccnc4c3)C2)n(C2CC2)c1=O. The zero-order chi connectivity index (χ0) is 21.4. The summed E-state index contributed by atoms with van der Waals surface area (Å²) in [7, 11) is 1.62. The first kappa shape index (κ1) is 19.9. The highest BCUT2D eigenvalue weighted by molar-refractivity contribution is 5.97. The molecule has 0 spiro atoms. The lowest BCUT2D eigenvalue weighted by atomic mass is 9.96. The van der Waals surface area contributed by atoms with E-state index >= 15 is 0 Å². The fourth-order valence-electron chi connectivity index (χ4n) is 4.37. The van der Waals surface area contributed by atoms with E-state index in [1.807, 2.05) is 21.6 Å². The van der Waals surface area contributed by atoms with E-state index < -0.39 is 0 Å². The molecule has 31 heavy (non-hydrogen) atoms. The Kier molecular flexibility index (Phi) is 5.27. The number of likely N-dealkylation sites (tertiary alicyclic amines) is 1. The highest BCUT2D eigenvalue weighted by Gasteiger charge is 2.35. The lowest BCUT2D eigenvalue weighted by Crippen LogP contribution is -2.40. The molecule has 1 aliphatic heterocycles. The molecule has 0 N–H and O–H groups in total. The Morgan fingerprint density at radius 1 is 1.16 bits per heavy atom. The standard InChI is InChI=1S/C22H26N6O3/c1-31-12-11-27-22(30)28(17-5-6-17)20(25-27)16-3-2-10-26(14-16)21(29)15-4-7-18-19(13-15)24-9-8-23-18/h4,7-9,13,16-17H,2-3,5-6,10-12,14H2,1H3. The molecule has 162 valence electrons. The van der Waals surface area contributed by atoms with Crippen molar-refractivity contribution >= 4 is 16.9 Å². The quantitative estimate of drug-likeness (QED) is 0.603. The summed E-state index contributed by atoms with van der Waals surface area (Å²) in [5.74, 6) is 0.844. The van der Waals surface area contributed by atoms with Gasteiger partial charge in [-0.05, 0) is 43.9 Å². The number of piperidine rings is 1. The number of aromatic nitrogens is 5. The molecule has 1 amide bonds. The molecule has 3 aromatic rings. The van der Waals surface area contributed by atoms with Crippen molar-refractivity contribution in [1.29, 1.82) is 0 Å². The average molecular weight is 422 g/mol. The number of benzene rings is 1. The summed E-state index contributed by atoms with van der Waals surface area (Å²) in [6, 6.07) is 5.68. The normalized spacial score (nSPS) is 19.1. The molecule has 1 aromatic carbocycles. The van der Waals surface area contributed by atoms with Gasteiger partial charge in [0.1, 0.15) is 5.82 Å².